The van der Waals surface area contributed by atoms with Crippen molar-refractivity contribution in [2.24, 2.45) is 0 Å². The van der Waals surface area contributed by atoms with E-state index in [9.17, 15) is 20.1 Å². The highest BCUT2D eigenvalue weighted by Crippen LogP contribution is 2.19. The van der Waals surface area contributed by atoms with E-state index in [0.29, 0.717) is 18.7 Å². The topological polar surface area (TPSA) is 150 Å². The van der Waals surface area contributed by atoms with Gasteiger partial charge >= 0.3 is 0 Å². The summed E-state index contributed by atoms with van der Waals surface area (Å²) >= 11 is 0. The Labute approximate surface area is 161 Å². The summed E-state index contributed by atoms with van der Waals surface area (Å²) in [7, 11) is 0. The number of aliphatic hydroxyl groups is 4. The molecule has 1 aromatic carbocycles. The quantitative estimate of drug-likeness (QED) is 0.369. The first-order chi connectivity index (χ1) is 13.5. The number of hydrogen-bond donors (Lipinski definition) is 5. The first-order valence-corrected chi connectivity index (χ1v) is 9.00. The van der Waals surface area contributed by atoms with Gasteiger partial charge in [0.25, 0.3) is 0 Å². The third kappa shape index (κ3) is 4.91. The molecule has 5 atom stereocenters. The second-order valence-electron chi connectivity index (χ2n) is 6.71. The summed E-state index contributed by atoms with van der Waals surface area (Å²) in [5.41, 5.74) is 1.72. The molecule has 5 N–H and O–H groups in total. The SMILES string of the molecule is O=C(CCc1cn(Cc2ccccc2)nn1)N[C@@H]1OC(CO)[C@@H](O)C(O)C1O. The highest BCUT2D eigenvalue weighted by atomic mass is 16.6. The van der Waals surface area contributed by atoms with Crippen LogP contribution >= 0.6 is 0 Å². The molecule has 10 heteroatoms. The van der Waals surface area contributed by atoms with E-state index < -0.39 is 43.2 Å². The van der Waals surface area contributed by atoms with E-state index in [1.165, 1.54) is 0 Å². The van der Waals surface area contributed by atoms with Gasteiger partial charge in [0, 0.05) is 19.0 Å². The molecule has 0 bridgehead atoms. The molecule has 1 amide bonds. The molecule has 0 aliphatic carbocycles. The second kappa shape index (κ2) is 9.22. The van der Waals surface area contributed by atoms with Crippen LogP contribution < -0.4 is 5.32 Å². The number of nitrogens with one attached hydrogen (secondary N) is 1. The molecule has 10 nitrogen and oxygen atoms in total. The fourth-order valence-corrected chi connectivity index (χ4v) is 2.99. The van der Waals surface area contributed by atoms with Crippen molar-refractivity contribution < 1.29 is 30.0 Å². The number of rotatable bonds is 7. The molecule has 152 valence electrons. The number of carbonyl (C=O) groups excluding carboxylic acids is 1. The van der Waals surface area contributed by atoms with Gasteiger partial charge in [-0.15, -0.1) is 5.10 Å². The lowest BCUT2D eigenvalue weighted by molar-refractivity contribution is -0.235. The smallest absolute Gasteiger partial charge is 0.222 e. The number of aliphatic hydroxyl groups excluding tert-OH is 4. The van der Waals surface area contributed by atoms with E-state index in [2.05, 4.69) is 15.6 Å². The molecule has 1 saturated heterocycles. The molecular formula is C18H24N4O6. The van der Waals surface area contributed by atoms with Crippen molar-refractivity contribution in [1.29, 1.82) is 0 Å². The molecule has 3 unspecified atom stereocenters. The molecule has 2 aromatic rings. The van der Waals surface area contributed by atoms with Crippen LogP contribution in [-0.2, 0) is 22.5 Å². The van der Waals surface area contributed by atoms with Crippen LogP contribution in [-0.4, -0.2) is 78.6 Å². The molecular weight excluding hydrogens is 368 g/mol. The first-order valence-electron chi connectivity index (χ1n) is 9.00. The number of nitrogens with zero attached hydrogens (tertiary/aromatic N) is 3. The molecule has 0 spiro atoms. The van der Waals surface area contributed by atoms with Crippen LogP contribution in [0.2, 0.25) is 0 Å². The van der Waals surface area contributed by atoms with E-state index in [1.54, 1.807) is 10.9 Å². The summed E-state index contributed by atoms with van der Waals surface area (Å²) in [6.45, 7) is 0.0206. The minimum Gasteiger partial charge on any atom is -0.394 e. The number of benzene rings is 1. The predicted molar refractivity (Wildman–Crippen MR) is 95.8 cm³/mol. The summed E-state index contributed by atoms with van der Waals surface area (Å²) in [6, 6.07) is 9.78. The van der Waals surface area contributed by atoms with E-state index in [-0.39, 0.29) is 6.42 Å². The highest BCUT2D eigenvalue weighted by molar-refractivity contribution is 5.76. The maximum Gasteiger partial charge on any atom is 0.222 e. The standard InChI is InChI=1S/C18H24N4O6/c23-10-13-15(25)16(26)17(27)18(28-13)19-14(24)7-6-12-9-22(21-20-12)8-11-4-2-1-3-5-11/h1-5,9,13,15-18,23,25-27H,6-8,10H2,(H,19,24)/t13?,15-,16?,17?,18-/m1/s1. The van der Waals surface area contributed by atoms with Gasteiger partial charge < -0.3 is 30.5 Å². The molecule has 1 aromatic heterocycles. The summed E-state index contributed by atoms with van der Waals surface area (Å²) < 4.78 is 6.93. The Bertz CT molecular complexity index is 768. The summed E-state index contributed by atoms with van der Waals surface area (Å²) in [5, 5.41) is 49.1. The molecule has 2 heterocycles. The molecule has 0 radical (unpaired) electrons. The predicted octanol–water partition coefficient (Wildman–Crippen LogP) is -1.82. The minimum absolute atomic E-state index is 0.0685. The molecule has 1 aliphatic rings. The third-order valence-electron chi connectivity index (χ3n) is 4.58. The summed E-state index contributed by atoms with van der Waals surface area (Å²) in [6.07, 6.45) is -4.64. The Morgan fingerprint density at radius 3 is 2.61 bits per heavy atom. The van der Waals surface area contributed by atoms with Crippen LogP contribution in [0.5, 0.6) is 0 Å². The van der Waals surface area contributed by atoms with Gasteiger partial charge in [-0.25, -0.2) is 4.68 Å². The van der Waals surface area contributed by atoms with Gasteiger partial charge in [0.1, 0.15) is 24.4 Å². The van der Waals surface area contributed by atoms with E-state index in [0.717, 1.165) is 5.56 Å². The number of hydrogen-bond acceptors (Lipinski definition) is 8. The van der Waals surface area contributed by atoms with Crippen molar-refractivity contribution in [3.63, 3.8) is 0 Å². The average Bonchev–Trinajstić information content (AvgIpc) is 3.15. The maximum absolute atomic E-state index is 12.1. The Hall–Kier alpha value is -2.37. The van der Waals surface area contributed by atoms with Crippen LogP contribution in [0.3, 0.4) is 0 Å². The van der Waals surface area contributed by atoms with Gasteiger partial charge in [0.15, 0.2) is 6.23 Å². The lowest BCUT2D eigenvalue weighted by atomic mass is 9.98. The van der Waals surface area contributed by atoms with Crippen LogP contribution in [0.4, 0.5) is 0 Å². The number of carbonyl (C=O) groups is 1. The van der Waals surface area contributed by atoms with Crippen LogP contribution in [0.1, 0.15) is 17.7 Å². The molecule has 0 saturated carbocycles. The van der Waals surface area contributed by atoms with E-state index >= 15 is 0 Å². The minimum atomic E-state index is -1.53. The Morgan fingerprint density at radius 2 is 1.89 bits per heavy atom. The monoisotopic (exact) mass is 392 g/mol. The van der Waals surface area contributed by atoms with Gasteiger partial charge in [-0.3, -0.25) is 4.79 Å². The van der Waals surface area contributed by atoms with Crippen molar-refractivity contribution in [3.05, 3.63) is 47.8 Å². The zero-order valence-corrected chi connectivity index (χ0v) is 15.1. The molecule has 1 fully saturated rings. The van der Waals surface area contributed by atoms with Crippen molar-refractivity contribution in [2.75, 3.05) is 6.61 Å². The number of ether oxygens (including phenoxy) is 1. The van der Waals surface area contributed by atoms with Gasteiger partial charge in [-0.1, -0.05) is 35.5 Å². The Kier molecular flexibility index (Phi) is 6.70. The Morgan fingerprint density at radius 1 is 1.14 bits per heavy atom. The maximum atomic E-state index is 12.1. The van der Waals surface area contributed by atoms with Gasteiger partial charge in [0.2, 0.25) is 5.91 Å². The Balaban J connectivity index is 1.49. The summed E-state index contributed by atoms with van der Waals surface area (Å²) in [5.74, 6) is -0.429. The van der Waals surface area contributed by atoms with E-state index in [1.807, 2.05) is 30.3 Å². The fourth-order valence-electron chi connectivity index (χ4n) is 2.99. The fraction of sp³-hybridized carbons (Fsp3) is 0.500. The second-order valence-corrected chi connectivity index (χ2v) is 6.71. The number of amides is 1. The van der Waals surface area contributed by atoms with Crippen LogP contribution in [0.15, 0.2) is 36.5 Å². The third-order valence-corrected chi connectivity index (χ3v) is 4.58. The molecule has 28 heavy (non-hydrogen) atoms. The lowest BCUT2D eigenvalue weighted by Crippen LogP contribution is -2.63. The van der Waals surface area contributed by atoms with Gasteiger partial charge in [0.05, 0.1) is 18.8 Å². The molecule has 1 aliphatic heterocycles. The van der Waals surface area contributed by atoms with Crippen molar-refractivity contribution in [1.82, 2.24) is 20.3 Å². The van der Waals surface area contributed by atoms with E-state index in [4.69, 9.17) is 9.84 Å². The highest BCUT2D eigenvalue weighted by Gasteiger charge is 2.43. The lowest BCUT2D eigenvalue weighted by Gasteiger charge is -2.40. The normalized spacial score (nSPS) is 27.5. The van der Waals surface area contributed by atoms with Crippen molar-refractivity contribution >= 4 is 5.91 Å². The summed E-state index contributed by atoms with van der Waals surface area (Å²) in [4.78, 5) is 12.1. The largest absolute Gasteiger partial charge is 0.394 e. The van der Waals surface area contributed by atoms with Gasteiger partial charge in [-0.2, -0.15) is 0 Å². The zero-order chi connectivity index (χ0) is 20.1. The van der Waals surface area contributed by atoms with Crippen molar-refractivity contribution in [3.8, 4) is 0 Å². The number of aromatic nitrogens is 3. The van der Waals surface area contributed by atoms with Crippen LogP contribution in [0, 0.1) is 0 Å². The average molecular weight is 392 g/mol. The zero-order valence-electron chi connectivity index (χ0n) is 15.1. The molecule has 3 rings (SSSR count). The van der Waals surface area contributed by atoms with Crippen molar-refractivity contribution in [2.45, 2.75) is 50.0 Å². The van der Waals surface area contributed by atoms with Crippen LogP contribution in [0.25, 0.3) is 0 Å². The van der Waals surface area contributed by atoms with Gasteiger partial charge in [-0.05, 0) is 5.56 Å². The number of aryl methyl sites for hydroxylation is 1. The first kappa shape index (κ1) is 20.4.